The van der Waals surface area contributed by atoms with Crippen molar-refractivity contribution < 1.29 is 8.85 Å². The Balaban J connectivity index is 4.80. The van der Waals surface area contributed by atoms with Gasteiger partial charge in [0.2, 0.25) is 0 Å². The number of alkyl halides is 1. The lowest BCUT2D eigenvalue weighted by atomic mass is 10.2. The van der Waals surface area contributed by atoms with Crippen molar-refractivity contribution in [3.63, 3.8) is 0 Å². The summed E-state index contributed by atoms with van der Waals surface area (Å²) in [6.45, 7) is 23.8. The Bertz CT molecular complexity index is 317. The first-order valence-corrected chi connectivity index (χ1v) is 15.4. The van der Waals surface area contributed by atoms with Crippen LogP contribution in [0.5, 0.6) is 0 Å². The average molecular weight is 445 g/mol. The van der Waals surface area contributed by atoms with Gasteiger partial charge in [-0.1, -0.05) is 64.1 Å². The molecule has 0 aliphatic heterocycles. The highest BCUT2D eigenvalue weighted by Gasteiger charge is 2.41. The van der Waals surface area contributed by atoms with Crippen molar-refractivity contribution in [3.05, 3.63) is 0 Å². The van der Waals surface area contributed by atoms with E-state index in [0.29, 0.717) is 0 Å². The van der Waals surface area contributed by atoms with Crippen molar-refractivity contribution in [2.24, 2.45) is 0 Å². The molecule has 0 saturated carbocycles. The fourth-order valence-corrected chi connectivity index (χ4v) is 4.51. The standard InChI is InChI=1S/C16H37IO2Si2/c1-15(2,3)20(7,8)18-13-14(11-12-17)19-21(9,10)16(4,5)6/h14H,11-13H2,1-10H3/t14-/m0/s1. The van der Waals surface area contributed by atoms with Crippen LogP contribution in [0, 0.1) is 0 Å². The van der Waals surface area contributed by atoms with E-state index in [2.05, 4.69) is 90.3 Å². The lowest BCUT2D eigenvalue weighted by molar-refractivity contribution is 0.106. The van der Waals surface area contributed by atoms with Gasteiger partial charge in [0, 0.05) is 4.43 Å². The first kappa shape index (κ1) is 22.1. The Hall–Kier alpha value is 1.08. The van der Waals surface area contributed by atoms with Crippen LogP contribution < -0.4 is 0 Å². The molecule has 0 N–H and O–H groups in total. The number of hydrogen-bond acceptors (Lipinski definition) is 2. The van der Waals surface area contributed by atoms with Crippen LogP contribution in [0.2, 0.25) is 36.3 Å². The zero-order valence-corrected chi connectivity index (χ0v) is 20.1. The molecule has 0 aliphatic carbocycles. The third kappa shape index (κ3) is 7.02. The van der Waals surface area contributed by atoms with Crippen molar-refractivity contribution in [1.82, 2.24) is 0 Å². The summed E-state index contributed by atoms with van der Waals surface area (Å²) in [5, 5.41) is 0.520. The van der Waals surface area contributed by atoms with Crippen molar-refractivity contribution >= 4 is 39.2 Å². The third-order valence-corrected chi connectivity index (χ3v) is 14.8. The molecule has 1 atom stereocenters. The molecule has 0 amide bonds. The summed E-state index contributed by atoms with van der Waals surface area (Å²) < 4.78 is 14.1. The van der Waals surface area contributed by atoms with E-state index in [4.69, 9.17) is 8.85 Å². The molecule has 0 aromatic rings. The Morgan fingerprint density at radius 1 is 0.857 bits per heavy atom. The second-order valence-corrected chi connectivity index (χ2v) is 19.7. The molecule has 5 heteroatoms. The van der Waals surface area contributed by atoms with Crippen LogP contribution in [0.3, 0.4) is 0 Å². The molecule has 0 saturated heterocycles. The smallest absolute Gasteiger partial charge is 0.192 e. The van der Waals surface area contributed by atoms with Gasteiger partial charge in [-0.05, 0) is 42.7 Å². The summed E-state index contributed by atoms with van der Waals surface area (Å²) in [4.78, 5) is 0. The topological polar surface area (TPSA) is 18.5 Å². The van der Waals surface area contributed by atoms with Gasteiger partial charge < -0.3 is 8.85 Å². The quantitative estimate of drug-likeness (QED) is 0.264. The van der Waals surface area contributed by atoms with Crippen LogP contribution in [-0.4, -0.2) is 33.8 Å². The van der Waals surface area contributed by atoms with Gasteiger partial charge >= 0.3 is 0 Å². The van der Waals surface area contributed by atoms with Crippen molar-refractivity contribution in [3.8, 4) is 0 Å². The molecule has 0 unspecified atom stereocenters. The Morgan fingerprint density at radius 2 is 1.29 bits per heavy atom. The molecule has 0 bridgehead atoms. The highest BCUT2D eigenvalue weighted by Crippen LogP contribution is 2.39. The average Bonchev–Trinajstić information content (AvgIpc) is 2.22. The lowest BCUT2D eigenvalue weighted by Gasteiger charge is -2.41. The molecule has 0 aromatic carbocycles. The molecule has 0 fully saturated rings. The monoisotopic (exact) mass is 444 g/mol. The minimum absolute atomic E-state index is 0.247. The maximum absolute atomic E-state index is 6.58. The Labute approximate surface area is 149 Å². The van der Waals surface area contributed by atoms with E-state index in [1.807, 2.05) is 0 Å². The van der Waals surface area contributed by atoms with Gasteiger partial charge in [0.25, 0.3) is 0 Å². The normalized spacial score (nSPS) is 16.1. The van der Waals surface area contributed by atoms with Gasteiger partial charge in [-0.3, -0.25) is 0 Å². The summed E-state index contributed by atoms with van der Waals surface area (Å²) in [7, 11) is -3.40. The second kappa shape index (κ2) is 7.77. The van der Waals surface area contributed by atoms with Crippen LogP contribution in [0.25, 0.3) is 0 Å². The minimum atomic E-state index is -1.72. The molecular formula is C16H37IO2Si2. The molecular weight excluding hydrogens is 407 g/mol. The Morgan fingerprint density at radius 3 is 1.62 bits per heavy atom. The predicted octanol–water partition coefficient (Wildman–Crippen LogP) is 6.22. The summed E-state index contributed by atoms with van der Waals surface area (Å²) in [6, 6.07) is 0. The fraction of sp³-hybridized carbons (Fsp3) is 1.00. The van der Waals surface area contributed by atoms with Gasteiger partial charge in [-0.15, -0.1) is 0 Å². The third-order valence-electron chi connectivity index (χ3n) is 5.13. The molecule has 0 rings (SSSR count). The highest BCUT2D eigenvalue weighted by molar-refractivity contribution is 14.1. The van der Waals surface area contributed by atoms with Crippen LogP contribution >= 0.6 is 22.6 Å². The summed E-state index contributed by atoms with van der Waals surface area (Å²) in [6.07, 6.45) is 1.33. The predicted molar refractivity (Wildman–Crippen MR) is 109 cm³/mol. The molecule has 0 aromatic heterocycles. The summed E-state index contributed by atoms with van der Waals surface area (Å²) in [5.41, 5.74) is 0. The van der Waals surface area contributed by atoms with E-state index >= 15 is 0 Å². The molecule has 21 heavy (non-hydrogen) atoms. The fourth-order valence-electron chi connectivity index (χ4n) is 1.41. The Kier molecular flexibility index (Phi) is 8.17. The van der Waals surface area contributed by atoms with E-state index in [1.54, 1.807) is 0 Å². The summed E-state index contributed by atoms with van der Waals surface area (Å²) >= 11 is 2.44. The van der Waals surface area contributed by atoms with Gasteiger partial charge in [0.1, 0.15) is 0 Å². The largest absolute Gasteiger partial charge is 0.414 e. The molecule has 0 heterocycles. The van der Waals surface area contributed by atoms with Crippen molar-refractivity contribution in [1.29, 1.82) is 0 Å². The van der Waals surface area contributed by atoms with E-state index in [9.17, 15) is 0 Å². The van der Waals surface area contributed by atoms with E-state index in [-0.39, 0.29) is 16.2 Å². The molecule has 0 aliphatic rings. The lowest BCUT2D eigenvalue weighted by Crippen LogP contribution is -2.48. The van der Waals surface area contributed by atoms with E-state index in [0.717, 1.165) is 17.5 Å². The van der Waals surface area contributed by atoms with Crippen LogP contribution in [0.4, 0.5) is 0 Å². The van der Waals surface area contributed by atoms with Gasteiger partial charge in [-0.2, -0.15) is 0 Å². The van der Waals surface area contributed by atoms with Gasteiger partial charge in [0.15, 0.2) is 16.6 Å². The number of rotatable bonds is 7. The number of halogens is 1. The maximum atomic E-state index is 6.58. The van der Waals surface area contributed by atoms with Crippen LogP contribution in [0.15, 0.2) is 0 Å². The first-order valence-electron chi connectivity index (χ1n) is 8.02. The van der Waals surface area contributed by atoms with E-state index < -0.39 is 16.6 Å². The minimum Gasteiger partial charge on any atom is -0.414 e. The SMILES string of the molecule is CC(C)(C)[Si](C)(C)OC[C@H](CCI)O[Si](C)(C)C(C)(C)C. The van der Waals surface area contributed by atoms with E-state index in [1.165, 1.54) is 0 Å². The van der Waals surface area contributed by atoms with Crippen molar-refractivity contribution in [2.45, 2.75) is 90.3 Å². The zero-order chi connectivity index (χ0) is 17.1. The number of hydrogen-bond donors (Lipinski definition) is 0. The van der Waals surface area contributed by atoms with Crippen LogP contribution in [0.1, 0.15) is 48.0 Å². The second-order valence-electron chi connectivity index (χ2n) is 9.05. The van der Waals surface area contributed by atoms with Crippen LogP contribution in [-0.2, 0) is 8.85 Å². The molecule has 0 spiro atoms. The van der Waals surface area contributed by atoms with Gasteiger partial charge in [0.05, 0.1) is 12.7 Å². The summed E-state index contributed by atoms with van der Waals surface area (Å²) in [5.74, 6) is 0. The van der Waals surface area contributed by atoms with Gasteiger partial charge in [-0.25, -0.2) is 0 Å². The first-order chi connectivity index (χ1) is 9.14. The maximum Gasteiger partial charge on any atom is 0.192 e. The zero-order valence-electron chi connectivity index (χ0n) is 15.9. The molecule has 2 nitrogen and oxygen atoms in total. The molecule has 0 radical (unpaired) electrons. The molecule has 128 valence electrons. The van der Waals surface area contributed by atoms with Crippen molar-refractivity contribution in [2.75, 3.05) is 11.0 Å². The highest BCUT2D eigenvalue weighted by atomic mass is 127.